The first-order chi connectivity index (χ1) is 11.2. The van der Waals surface area contributed by atoms with Gasteiger partial charge in [-0.1, -0.05) is 30.3 Å². The summed E-state index contributed by atoms with van der Waals surface area (Å²) in [5, 5.41) is 0. The molecular formula is C16H20O7. The average Bonchev–Trinajstić information content (AvgIpc) is 2.89. The van der Waals surface area contributed by atoms with Crippen LogP contribution in [0.1, 0.15) is 5.56 Å². The molecule has 1 aromatic carbocycles. The molecule has 0 aromatic heterocycles. The summed E-state index contributed by atoms with van der Waals surface area (Å²) in [6.45, 7) is 0.441. The first-order valence-corrected chi connectivity index (χ1v) is 7.37. The highest BCUT2D eigenvalue weighted by Gasteiger charge is 2.60. The van der Waals surface area contributed by atoms with Crippen molar-refractivity contribution in [1.29, 1.82) is 0 Å². The number of cyclic esters (lactones) is 2. The summed E-state index contributed by atoms with van der Waals surface area (Å²) < 4.78 is 32.8. The van der Waals surface area contributed by atoms with Crippen LogP contribution < -0.4 is 0 Å². The molecule has 126 valence electrons. The van der Waals surface area contributed by atoms with Crippen LogP contribution in [0.2, 0.25) is 0 Å². The molecule has 2 saturated heterocycles. The second-order valence-electron chi connectivity index (χ2n) is 5.53. The Hall–Kier alpha value is -1.67. The maximum atomic E-state index is 11.2. The third-order valence-corrected chi connectivity index (χ3v) is 4.08. The van der Waals surface area contributed by atoms with Crippen LogP contribution in [0, 0.1) is 0 Å². The lowest BCUT2D eigenvalue weighted by Gasteiger charge is -2.36. The van der Waals surface area contributed by atoms with Crippen LogP contribution in [-0.2, 0) is 35.0 Å². The second-order valence-corrected chi connectivity index (χ2v) is 5.53. The van der Waals surface area contributed by atoms with E-state index >= 15 is 0 Å². The van der Waals surface area contributed by atoms with Crippen LogP contribution in [-0.4, -0.2) is 57.7 Å². The van der Waals surface area contributed by atoms with Crippen LogP contribution in [0.5, 0.6) is 0 Å². The molecule has 0 saturated carbocycles. The summed E-state index contributed by atoms with van der Waals surface area (Å²) in [5.74, 6) is 0. The zero-order chi connectivity index (χ0) is 16.3. The van der Waals surface area contributed by atoms with E-state index in [0.29, 0.717) is 6.61 Å². The molecule has 23 heavy (non-hydrogen) atoms. The molecule has 2 heterocycles. The molecule has 3 unspecified atom stereocenters. The van der Waals surface area contributed by atoms with Crippen molar-refractivity contribution in [1.82, 2.24) is 0 Å². The van der Waals surface area contributed by atoms with Gasteiger partial charge in [-0.25, -0.2) is 4.79 Å². The lowest BCUT2D eigenvalue weighted by Crippen LogP contribution is -2.55. The van der Waals surface area contributed by atoms with Gasteiger partial charge in [0, 0.05) is 14.2 Å². The van der Waals surface area contributed by atoms with Crippen LogP contribution in [0.3, 0.4) is 0 Å². The minimum Gasteiger partial charge on any atom is -0.431 e. The van der Waals surface area contributed by atoms with Crippen molar-refractivity contribution in [3.05, 3.63) is 35.9 Å². The van der Waals surface area contributed by atoms with Gasteiger partial charge in [-0.2, -0.15) is 0 Å². The molecule has 7 heteroatoms. The lowest BCUT2D eigenvalue weighted by atomic mass is 9.96. The SMILES string of the molecule is COC1OC2(COC(=O)OC2)C(OCc2ccccc2)C1OC. The van der Waals surface area contributed by atoms with Crippen molar-refractivity contribution in [2.45, 2.75) is 30.7 Å². The number of hydrogen-bond acceptors (Lipinski definition) is 7. The van der Waals surface area contributed by atoms with Crippen LogP contribution in [0.25, 0.3) is 0 Å². The van der Waals surface area contributed by atoms with Crippen molar-refractivity contribution in [3.63, 3.8) is 0 Å². The number of rotatable bonds is 5. The molecule has 0 bridgehead atoms. The summed E-state index contributed by atoms with van der Waals surface area (Å²) in [4.78, 5) is 11.2. The van der Waals surface area contributed by atoms with Crippen LogP contribution >= 0.6 is 0 Å². The summed E-state index contributed by atoms with van der Waals surface area (Å²) in [6.07, 6.45) is -2.29. The monoisotopic (exact) mass is 324 g/mol. The molecule has 0 N–H and O–H groups in total. The predicted molar refractivity (Wildman–Crippen MR) is 77.7 cm³/mol. The molecule has 7 nitrogen and oxygen atoms in total. The van der Waals surface area contributed by atoms with Crippen LogP contribution in [0.15, 0.2) is 30.3 Å². The second kappa shape index (κ2) is 6.84. The van der Waals surface area contributed by atoms with E-state index in [9.17, 15) is 4.79 Å². The van der Waals surface area contributed by atoms with E-state index in [1.807, 2.05) is 30.3 Å². The van der Waals surface area contributed by atoms with Gasteiger partial charge in [0.1, 0.15) is 25.4 Å². The van der Waals surface area contributed by atoms with E-state index in [0.717, 1.165) is 5.56 Å². The Morgan fingerprint density at radius 3 is 2.43 bits per heavy atom. The molecular weight excluding hydrogens is 304 g/mol. The number of carbonyl (C=O) groups is 1. The van der Waals surface area contributed by atoms with Gasteiger partial charge in [-0.15, -0.1) is 0 Å². The topological polar surface area (TPSA) is 72.5 Å². The van der Waals surface area contributed by atoms with Crippen molar-refractivity contribution >= 4 is 6.16 Å². The number of methoxy groups -OCH3 is 2. The Labute approximate surface area is 134 Å². The molecule has 0 radical (unpaired) electrons. The van der Waals surface area contributed by atoms with Crippen LogP contribution in [0.4, 0.5) is 4.79 Å². The zero-order valence-corrected chi connectivity index (χ0v) is 13.1. The van der Waals surface area contributed by atoms with Crippen molar-refractivity contribution in [3.8, 4) is 0 Å². The fourth-order valence-electron chi connectivity index (χ4n) is 2.91. The van der Waals surface area contributed by atoms with Gasteiger partial charge in [0.05, 0.1) is 6.61 Å². The Bertz CT molecular complexity index is 522. The van der Waals surface area contributed by atoms with Crippen molar-refractivity contribution in [2.24, 2.45) is 0 Å². The average molecular weight is 324 g/mol. The van der Waals surface area contributed by atoms with Crippen molar-refractivity contribution in [2.75, 3.05) is 27.4 Å². The summed E-state index contributed by atoms with van der Waals surface area (Å²) >= 11 is 0. The van der Waals surface area contributed by atoms with Gasteiger partial charge in [-0.05, 0) is 5.56 Å². The van der Waals surface area contributed by atoms with Crippen molar-refractivity contribution < 1.29 is 33.2 Å². The van der Waals surface area contributed by atoms with Gasteiger partial charge in [0.2, 0.25) is 0 Å². The van der Waals surface area contributed by atoms with E-state index < -0.39 is 30.3 Å². The molecule has 3 atom stereocenters. The first kappa shape index (κ1) is 16.2. The fraction of sp³-hybridized carbons (Fsp3) is 0.562. The van der Waals surface area contributed by atoms with Gasteiger partial charge in [-0.3, -0.25) is 0 Å². The standard InChI is InChI=1S/C16H20O7/c1-18-12-13(20-8-11-6-4-3-5-7-11)16(23-14(12)19-2)9-21-15(17)22-10-16/h3-7,12-14H,8-10H2,1-2H3. The Kier molecular flexibility index (Phi) is 4.82. The number of ether oxygens (including phenoxy) is 6. The lowest BCUT2D eigenvalue weighted by molar-refractivity contribution is -0.221. The van der Waals surface area contributed by atoms with Gasteiger partial charge < -0.3 is 28.4 Å². The van der Waals surface area contributed by atoms with E-state index in [4.69, 9.17) is 28.4 Å². The highest BCUT2D eigenvalue weighted by molar-refractivity contribution is 5.61. The van der Waals surface area contributed by atoms with E-state index in [-0.39, 0.29) is 13.2 Å². The number of benzene rings is 1. The van der Waals surface area contributed by atoms with E-state index in [1.54, 1.807) is 7.11 Å². The van der Waals surface area contributed by atoms with Gasteiger partial charge in [0.15, 0.2) is 11.9 Å². The normalized spacial score (nSPS) is 29.3. The predicted octanol–water partition coefficient (Wildman–Crippen LogP) is 1.50. The Morgan fingerprint density at radius 1 is 1.13 bits per heavy atom. The molecule has 2 fully saturated rings. The number of carbonyl (C=O) groups excluding carboxylic acids is 1. The molecule has 2 aliphatic heterocycles. The van der Waals surface area contributed by atoms with E-state index in [2.05, 4.69) is 0 Å². The summed E-state index contributed by atoms with van der Waals surface area (Å²) in [6, 6.07) is 9.76. The maximum absolute atomic E-state index is 11.2. The number of hydrogen-bond donors (Lipinski definition) is 0. The summed E-state index contributed by atoms with van der Waals surface area (Å²) in [5.41, 5.74) is 0.0800. The Balaban J connectivity index is 1.77. The molecule has 0 aliphatic carbocycles. The zero-order valence-electron chi connectivity index (χ0n) is 13.1. The van der Waals surface area contributed by atoms with Gasteiger partial charge in [0.25, 0.3) is 0 Å². The maximum Gasteiger partial charge on any atom is 0.508 e. The fourth-order valence-corrected chi connectivity index (χ4v) is 2.91. The highest BCUT2D eigenvalue weighted by Crippen LogP contribution is 2.38. The smallest absolute Gasteiger partial charge is 0.431 e. The third-order valence-electron chi connectivity index (χ3n) is 4.08. The molecule has 1 spiro atoms. The largest absolute Gasteiger partial charge is 0.508 e. The molecule has 0 amide bonds. The van der Waals surface area contributed by atoms with E-state index in [1.165, 1.54) is 7.11 Å². The van der Waals surface area contributed by atoms with Gasteiger partial charge >= 0.3 is 6.16 Å². The Morgan fingerprint density at radius 2 is 1.83 bits per heavy atom. The molecule has 2 aliphatic rings. The quantitative estimate of drug-likeness (QED) is 0.760. The third kappa shape index (κ3) is 3.18. The minimum atomic E-state index is -0.940. The molecule has 1 aromatic rings. The molecule has 3 rings (SSSR count). The summed E-state index contributed by atoms with van der Waals surface area (Å²) in [7, 11) is 3.09. The first-order valence-electron chi connectivity index (χ1n) is 7.37. The highest BCUT2D eigenvalue weighted by atomic mass is 16.8. The minimum absolute atomic E-state index is 0.0327.